The van der Waals surface area contributed by atoms with Gasteiger partial charge in [-0.3, -0.25) is 53.0 Å². The van der Waals surface area contributed by atoms with E-state index in [1.54, 1.807) is 42.5 Å². The number of imide groups is 1. The molecule has 0 aliphatic carbocycles. The highest BCUT2D eigenvalue weighted by Crippen LogP contribution is 2.59. The second-order valence-electron chi connectivity index (χ2n) is 19.6. The smallest absolute Gasteiger partial charge is 0.370 e. The quantitative estimate of drug-likeness (QED) is 0.0309. The second-order valence-corrected chi connectivity index (χ2v) is 21.2. The van der Waals surface area contributed by atoms with Crippen LogP contribution in [0.1, 0.15) is 120 Å². The van der Waals surface area contributed by atoms with Crippen molar-refractivity contribution in [2.75, 3.05) is 13.1 Å². The number of nitrogens with two attached hydrogens (primary N) is 1. The number of unbranched alkanes of at least 4 members (excludes halogenated alkanes) is 3. The summed E-state index contributed by atoms with van der Waals surface area (Å²) in [5.41, 5.74) is 2.41. The number of hydrogen-bond acceptors (Lipinski definition) is 10. The lowest BCUT2D eigenvalue weighted by atomic mass is 10.0. The summed E-state index contributed by atoms with van der Waals surface area (Å²) in [6, 6.07) is 13.0. The highest BCUT2D eigenvalue weighted by Gasteiger charge is 2.51. The van der Waals surface area contributed by atoms with Crippen LogP contribution in [0.5, 0.6) is 0 Å². The van der Waals surface area contributed by atoms with Crippen LogP contribution in [0, 0.1) is 11.8 Å². The van der Waals surface area contributed by atoms with E-state index in [4.69, 9.17) is 5.73 Å². The van der Waals surface area contributed by atoms with E-state index in [0.29, 0.717) is 48.8 Å². The molecule has 9 amide bonds. The SMILES string of the molecule is NC(=O)CCC(NC(=O)C1CCC2CCN(C(=O)CCCCCC#Cc3cccc4c3CN(C3CCC(=O)NC3=O)C4=O)CC(NC(=O)c3cc4cc(C(F)(F)P(=O)(O)O)ccc4[nH]3)C(=O)N21)C(=O)NCc1ccccc1. The Bertz CT molecular complexity index is 3120. The largest absolute Gasteiger partial charge is 0.399 e. The molecular formula is C53H58F2N9O12P. The van der Waals surface area contributed by atoms with Crippen molar-refractivity contribution in [3.05, 3.63) is 106 Å². The lowest BCUT2D eigenvalue weighted by Gasteiger charge is -2.39. The van der Waals surface area contributed by atoms with E-state index in [2.05, 4.69) is 38.1 Å². The van der Waals surface area contributed by atoms with Crippen molar-refractivity contribution >= 4 is 71.7 Å². The number of carbonyl (C=O) groups is 9. The number of hydrogen-bond donors (Lipinski definition) is 8. The van der Waals surface area contributed by atoms with Crippen LogP contribution in [-0.4, -0.2) is 126 Å². The van der Waals surface area contributed by atoms with E-state index in [0.717, 1.165) is 23.8 Å². The Morgan fingerprint density at radius 2 is 1.69 bits per heavy atom. The van der Waals surface area contributed by atoms with Crippen LogP contribution in [0.2, 0.25) is 0 Å². The van der Waals surface area contributed by atoms with E-state index in [1.165, 1.54) is 20.8 Å². The number of aromatic nitrogens is 1. The molecule has 0 radical (unpaired) electrons. The highest BCUT2D eigenvalue weighted by molar-refractivity contribution is 7.52. The summed E-state index contributed by atoms with van der Waals surface area (Å²) in [6.07, 6.45) is 2.96. The monoisotopic (exact) mass is 1080 g/mol. The van der Waals surface area contributed by atoms with Crippen molar-refractivity contribution in [2.24, 2.45) is 5.73 Å². The molecule has 0 bridgehead atoms. The van der Waals surface area contributed by atoms with Crippen molar-refractivity contribution in [1.29, 1.82) is 0 Å². The summed E-state index contributed by atoms with van der Waals surface area (Å²) in [4.78, 5) is 145. The molecule has 9 N–H and O–H groups in total. The Labute approximate surface area is 440 Å². The van der Waals surface area contributed by atoms with Gasteiger partial charge >= 0.3 is 13.3 Å². The number of nitrogens with one attached hydrogen (secondary N) is 5. The molecule has 8 rings (SSSR count). The number of halogens is 2. The first kappa shape index (κ1) is 55.4. The fourth-order valence-corrected chi connectivity index (χ4v) is 10.7. The fraction of sp³-hybridized carbons (Fsp3) is 0.415. The molecule has 3 fully saturated rings. The zero-order chi connectivity index (χ0) is 55.2. The fourth-order valence-electron chi connectivity index (χ4n) is 10.2. The number of H-pyrrole nitrogens is 1. The number of amides is 9. The summed E-state index contributed by atoms with van der Waals surface area (Å²) < 4.78 is 40.9. The van der Waals surface area contributed by atoms with Gasteiger partial charge in [-0.2, -0.15) is 8.78 Å². The van der Waals surface area contributed by atoms with Crippen LogP contribution in [0.15, 0.2) is 72.8 Å². The zero-order valence-corrected chi connectivity index (χ0v) is 42.6. The number of carbonyl (C=O) groups excluding carboxylic acids is 9. The van der Waals surface area contributed by atoms with Gasteiger partial charge in [0, 0.05) is 85.5 Å². The molecular weight excluding hydrogens is 1020 g/mol. The number of rotatable bonds is 18. The van der Waals surface area contributed by atoms with E-state index in [1.807, 2.05) is 6.07 Å². The van der Waals surface area contributed by atoms with E-state index >= 15 is 0 Å². The summed E-state index contributed by atoms with van der Waals surface area (Å²) in [7, 11) is -5.92. The van der Waals surface area contributed by atoms with Crippen molar-refractivity contribution < 1.29 is 66.3 Å². The summed E-state index contributed by atoms with van der Waals surface area (Å²) in [6.45, 7) is 0.123. The lowest BCUT2D eigenvalue weighted by Crippen LogP contribution is -2.62. The minimum absolute atomic E-state index is 0.000949. The van der Waals surface area contributed by atoms with Crippen LogP contribution in [0.25, 0.3) is 10.9 Å². The predicted octanol–water partition coefficient (Wildman–Crippen LogP) is 2.92. The highest BCUT2D eigenvalue weighted by atomic mass is 31.2. The second kappa shape index (κ2) is 23.6. The number of piperidine rings is 1. The average Bonchev–Trinajstić information content (AvgIpc) is 4.14. The van der Waals surface area contributed by atoms with Gasteiger partial charge in [0.25, 0.3) is 11.8 Å². The van der Waals surface area contributed by atoms with Gasteiger partial charge in [0.05, 0.1) is 0 Å². The molecule has 4 aliphatic heterocycles. The van der Waals surface area contributed by atoms with E-state index < -0.39 is 84.5 Å². The Morgan fingerprint density at radius 1 is 0.909 bits per heavy atom. The van der Waals surface area contributed by atoms with Crippen molar-refractivity contribution in [3.63, 3.8) is 0 Å². The van der Waals surface area contributed by atoms with Crippen LogP contribution >= 0.6 is 7.60 Å². The normalized spacial score (nSPS) is 20.0. The molecule has 5 unspecified atom stereocenters. The third kappa shape index (κ3) is 12.7. The maximum atomic E-state index is 14.8. The molecule has 1 aromatic heterocycles. The van der Waals surface area contributed by atoms with Crippen LogP contribution in [-0.2, 0) is 56.9 Å². The number of nitrogens with zero attached hydrogens (tertiary/aromatic N) is 3. The standard InChI is InChI=1S/C53H58F2N9O12P/c54-53(55,77(74,75)76)34-16-18-38-33(26-34)27-40(58-38)48(69)60-41-30-62(46(67)15-8-3-1-2-7-12-32-13-9-14-36-37(32)29-63(51(36)72)42-21-23-45(66)61-49(42)70)25-24-35-17-20-43(64(35)52(41)73)50(71)59-39(19-22-44(56)65)47(68)57-28-31-10-5-4-6-11-31/h4-6,9-11,13-14,16,18,26-27,35,39,41-43,58H,1-3,8,15,17,19-25,28-30H2,(H2,56,65)(H,57,68)(H,59,71)(H,60,69)(H,61,66,70)(H2,74,75,76). The number of primary amides is 1. The van der Waals surface area contributed by atoms with Gasteiger partial charge < -0.3 is 51.2 Å². The summed E-state index contributed by atoms with van der Waals surface area (Å²) in [5.74, 6) is 1.21. The van der Waals surface area contributed by atoms with Gasteiger partial charge in [0.2, 0.25) is 41.4 Å². The van der Waals surface area contributed by atoms with Gasteiger partial charge in [0.15, 0.2) is 0 Å². The molecule has 406 valence electrons. The predicted molar refractivity (Wildman–Crippen MR) is 271 cm³/mol. The topological polar surface area (TPSA) is 311 Å². The Kier molecular flexibility index (Phi) is 17.0. The molecule has 24 heteroatoms. The number of alkyl halides is 2. The van der Waals surface area contributed by atoms with Gasteiger partial charge in [-0.15, -0.1) is 0 Å². The molecule has 0 spiro atoms. The van der Waals surface area contributed by atoms with Crippen LogP contribution in [0.3, 0.4) is 0 Å². The van der Waals surface area contributed by atoms with Crippen molar-refractivity contribution in [2.45, 2.75) is 126 Å². The maximum Gasteiger partial charge on any atom is 0.399 e. The number of aromatic amines is 1. The first-order valence-corrected chi connectivity index (χ1v) is 26.9. The van der Waals surface area contributed by atoms with Gasteiger partial charge in [0.1, 0.15) is 29.9 Å². The molecule has 3 aromatic carbocycles. The molecule has 4 aromatic rings. The zero-order valence-electron chi connectivity index (χ0n) is 41.7. The third-order valence-electron chi connectivity index (χ3n) is 14.3. The van der Waals surface area contributed by atoms with Gasteiger partial charge in [-0.1, -0.05) is 60.7 Å². The molecule has 5 heterocycles. The van der Waals surface area contributed by atoms with Gasteiger partial charge in [-0.25, -0.2) is 0 Å². The minimum Gasteiger partial charge on any atom is -0.370 e. The van der Waals surface area contributed by atoms with Gasteiger partial charge in [-0.05, 0) is 86.4 Å². The van der Waals surface area contributed by atoms with E-state index in [9.17, 15) is 66.3 Å². The average molecular weight is 1080 g/mol. The first-order chi connectivity index (χ1) is 36.7. The molecule has 21 nitrogen and oxygen atoms in total. The molecule has 3 saturated heterocycles. The third-order valence-corrected chi connectivity index (χ3v) is 15.3. The molecule has 77 heavy (non-hydrogen) atoms. The molecule has 4 aliphatic rings. The molecule has 0 saturated carbocycles. The summed E-state index contributed by atoms with van der Waals surface area (Å²) in [5, 5.41) is 10.4. The maximum absolute atomic E-state index is 14.8. The van der Waals surface area contributed by atoms with Crippen LogP contribution < -0.4 is 27.0 Å². The minimum atomic E-state index is -5.92. The first-order valence-electron chi connectivity index (χ1n) is 25.3. The Hall–Kier alpha value is -7.80. The van der Waals surface area contributed by atoms with Crippen LogP contribution in [0.4, 0.5) is 8.78 Å². The summed E-state index contributed by atoms with van der Waals surface area (Å²) >= 11 is 0. The number of benzene rings is 3. The molecule has 5 atom stereocenters. The van der Waals surface area contributed by atoms with Crippen molar-refractivity contribution in [1.82, 2.24) is 41.0 Å². The number of fused-ring (bicyclic) bond motifs is 3. The Balaban J connectivity index is 0.938. The van der Waals surface area contributed by atoms with Crippen molar-refractivity contribution in [3.8, 4) is 11.8 Å². The lowest BCUT2D eigenvalue weighted by molar-refractivity contribution is -0.145. The van der Waals surface area contributed by atoms with E-state index in [-0.39, 0.29) is 105 Å². The Morgan fingerprint density at radius 3 is 2.43 bits per heavy atom.